The summed E-state index contributed by atoms with van der Waals surface area (Å²) in [6.45, 7) is 0. The number of hydrogen-bond acceptors (Lipinski definition) is 3. The van der Waals surface area contributed by atoms with Gasteiger partial charge in [0.15, 0.2) is 5.65 Å². The van der Waals surface area contributed by atoms with Crippen molar-refractivity contribution >= 4 is 22.8 Å². The van der Waals surface area contributed by atoms with Crippen molar-refractivity contribution in [1.29, 1.82) is 0 Å². The molecule has 0 unspecified atom stereocenters. The monoisotopic (exact) mass is 225 g/mol. The highest BCUT2D eigenvalue weighted by atomic mass is 35.5. The third-order valence-electron chi connectivity index (χ3n) is 2.31. The lowest BCUT2D eigenvalue weighted by molar-refractivity contribution is 0.399. The molecule has 0 bridgehead atoms. The Labute approximate surface area is 92.8 Å². The minimum Gasteiger partial charge on any atom is -0.481 e. The van der Waals surface area contributed by atoms with E-state index >= 15 is 0 Å². The SMILES string of the molecule is COc1ccc2nc(CCCl)n(C)c2n1. The van der Waals surface area contributed by atoms with E-state index in [0.717, 1.165) is 23.4 Å². The summed E-state index contributed by atoms with van der Waals surface area (Å²) in [4.78, 5) is 8.77. The van der Waals surface area contributed by atoms with Gasteiger partial charge < -0.3 is 9.30 Å². The first-order valence-corrected chi connectivity index (χ1v) is 5.22. The van der Waals surface area contributed by atoms with Gasteiger partial charge in [-0.1, -0.05) is 0 Å². The van der Waals surface area contributed by atoms with Crippen molar-refractivity contribution in [2.45, 2.75) is 6.42 Å². The number of rotatable bonds is 3. The molecule has 80 valence electrons. The molecule has 2 aromatic rings. The number of aryl methyl sites for hydroxylation is 2. The van der Waals surface area contributed by atoms with Crippen LogP contribution in [-0.2, 0) is 13.5 Å². The number of aromatic nitrogens is 3. The molecule has 2 aromatic heterocycles. The second-order valence-electron chi connectivity index (χ2n) is 3.22. The first-order chi connectivity index (χ1) is 7.26. The number of fused-ring (bicyclic) bond motifs is 1. The van der Waals surface area contributed by atoms with Gasteiger partial charge >= 0.3 is 0 Å². The molecule has 2 heterocycles. The normalized spacial score (nSPS) is 10.9. The van der Waals surface area contributed by atoms with Crippen LogP contribution in [0.15, 0.2) is 12.1 Å². The van der Waals surface area contributed by atoms with Gasteiger partial charge in [-0.25, -0.2) is 4.98 Å². The molecule has 0 radical (unpaired) electrons. The maximum Gasteiger partial charge on any atom is 0.215 e. The van der Waals surface area contributed by atoms with Crippen LogP contribution in [0.5, 0.6) is 5.88 Å². The minimum atomic E-state index is 0.564. The van der Waals surface area contributed by atoms with Crippen molar-refractivity contribution < 1.29 is 4.74 Å². The summed E-state index contributed by atoms with van der Waals surface area (Å²) >= 11 is 5.70. The molecule has 0 fully saturated rings. The molecule has 0 aliphatic rings. The Morgan fingerprint density at radius 2 is 2.20 bits per heavy atom. The fourth-order valence-corrected chi connectivity index (χ4v) is 1.68. The van der Waals surface area contributed by atoms with Crippen LogP contribution < -0.4 is 4.74 Å². The van der Waals surface area contributed by atoms with Crippen molar-refractivity contribution in [2.75, 3.05) is 13.0 Å². The predicted molar refractivity (Wildman–Crippen MR) is 59.5 cm³/mol. The fourth-order valence-electron chi connectivity index (χ4n) is 1.52. The Morgan fingerprint density at radius 3 is 2.87 bits per heavy atom. The zero-order valence-corrected chi connectivity index (χ0v) is 9.45. The van der Waals surface area contributed by atoms with E-state index in [4.69, 9.17) is 16.3 Å². The molecule has 0 amide bonds. The molecule has 0 aliphatic carbocycles. The van der Waals surface area contributed by atoms with Crippen LogP contribution >= 0.6 is 11.6 Å². The number of alkyl halides is 1. The van der Waals surface area contributed by atoms with E-state index in [0.29, 0.717) is 11.8 Å². The lowest BCUT2D eigenvalue weighted by Gasteiger charge is -2.00. The molecular formula is C10H12ClN3O. The van der Waals surface area contributed by atoms with Crippen molar-refractivity contribution in [3.63, 3.8) is 0 Å². The lowest BCUT2D eigenvalue weighted by Crippen LogP contribution is -1.99. The van der Waals surface area contributed by atoms with Crippen LogP contribution in [0, 0.1) is 0 Å². The molecule has 5 heteroatoms. The highest BCUT2D eigenvalue weighted by Gasteiger charge is 2.08. The molecule has 0 saturated carbocycles. The highest BCUT2D eigenvalue weighted by Crippen LogP contribution is 2.17. The van der Waals surface area contributed by atoms with Crippen LogP contribution in [-0.4, -0.2) is 27.5 Å². The van der Waals surface area contributed by atoms with Crippen molar-refractivity contribution in [1.82, 2.24) is 14.5 Å². The number of halogens is 1. The largest absolute Gasteiger partial charge is 0.481 e. The smallest absolute Gasteiger partial charge is 0.215 e. The van der Waals surface area contributed by atoms with Gasteiger partial charge in [-0.05, 0) is 6.07 Å². The minimum absolute atomic E-state index is 0.564. The third-order valence-corrected chi connectivity index (χ3v) is 2.50. The van der Waals surface area contributed by atoms with Gasteiger partial charge in [-0.2, -0.15) is 4.98 Å². The highest BCUT2D eigenvalue weighted by molar-refractivity contribution is 6.17. The van der Waals surface area contributed by atoms with Gasteiger partial charge in [0.25, 0.3) is 0 Å². The Morgan fingerprint density at radius 1 is 1.40 bits per heavy atom. The number of ether oxygens (including phenoxy) is 1. The van der Waals surface area contributed by atoms with E-state index in [2.05, 4.69) is 9.97 Å². The van der Waals surface area contributed by atoms with E-state index in [1.807, 2.05) is 17.7 Å². The van der Waals surface area contributed by atoms with Crippen molar-refractivity contribution in [2.24, 2.45) is 7.05 Å². The Kier molecular flexibility index (Phi) is 2.77. The van der Waals surface area contributed by atoms with Crippen LogP contribution in [0.3, 0.4) is 0 Å². The lowest BCUT2D eigenvalue weighted by atomic mass is 10.4. The van der Waals surface area contributed by atoms with Gasteiger partial charge in [0.1, 0.15) is 11.3 Å². The van der Waals surface area contributed by atoms with Gasteiger partial charge in [0.05, 0.1) is 7.11 Å². The van der Waals surface area contributed by atoms with E-state index in [1.165, 1.54) is 0 Å². The summed E-state index contributed by atoms with van der Waals surface area (Å²) < 4.78 is 7.01. The second kappa shape index (κ2) is 4.06. The molecule has 4 nitrogen and oxygen atoms in total. The van der Waals surface area contributed by atoms with Crippen molar-refractivity contribution in [3.05, 3.63) is 18.0 Å². The molecule has 0 aliphatic heterocycles. The van der Waals surface area contributed by atoms with E-state index in [1.54, 1.807) is 13.2 Å². The van der Waals surface area contributed by atoms with E-state index in [9.17, 15) is 0 Å². The Hall–Kier alpha value is -1.29. The summed E-state index contributed by atoms with van der Waals surface area (Å²) in [7, 11) is 3.54. The summed E-state index contributed by atoms with van der Waals surface area (Å²) in [5.74, 6) is 2.11. The number of nitrogens with zero attached hydrogens (tertiary/aromatic N) is 3. The predicted octanol–water partition coefficient (Wildman–Crippen LogP) is 1.76. The molecule has 0 N–H and O–H groups in total. The zero-order valence-electron chi connectivity index (χ0n) is 8.70. The fraction of sp³-hybridized carbons (Fsp3) is 0.400. The van der Waals surface area contributed by atoms with Gasteiger partial charge in [-0.3, -0.25) is 0 Å². The Bertz CT molecular complexity index is 481. The quantitative estimate of drug-likeness (QED) is 0.748. The average Bonchev–Trinajstić information content (AvgIpc) is 2.56. The molecule has 0 atom stereocenters. The zero-order chi connectivity index (χ0) is 10.8. The molecule has 0 saturated heterocycles. The van der Waals surface area contributed by atoms with E-state index < -0.39 is 0 Å². The van der Waals surface area contributed by atoms with Gasteiger partial charge in [0, 0.05) is 25.4 Å². The summed E-state index contributed by atoms with van der Waals surface area (Å²) in [5.41, 5.74) is 1.70. The molecule has 0 spiro atoms. The first-order valence-electron chi connectivity index (χ1n) is 4.68. The number of imidazole rings is 1. The number of methoxy groups -OCH3 is 1. The topological polar surface area (TPSA) is 39.9 Å². The van der Waals surface area contributed by atoms with Crippen molar-refractivity contribution in [3.8, 4) is 5.88 Å². The molecule has 0 aromatic carbocycles. The van der Waals surface area contributed by atoms with Crippen LogP contribution in [0.25, 0.3) is 11.2 Å². The average molecular weight is 226 g/mol. The standard InChI is InChI=1S/C10H12ClN3O/c1-14-8(5-6-11)12-7-3-4-9(15-2)13-10(7)14/h3-4H,5-6H2,1-2H3. The van der Waals surface area contributed by atoms with E-state index in [-0.39, 0.29) is 0 Å². The van der Waals surface area contributed by atoms with Crippen LogP contribution in [0.1, 0.15) is 5.82 Å². The first kappa shape index (κ1) is 10.2. The Balaban J connectivity index is 2.56. The molecular weight excluding hydrogens is 214 g/mol. The molecule has 2 rings (SSSR count). The molecule has 15 heavy (non-hydrogen) atoms. The second-order valence-corrected chi connectivity index (χ2v) is 3.60. The van der Waals surface area contributed by atoms with Gasteiger partial charge in [0.2, 0.25) is 5.88 Å². The number of pyridine rings is 1. The summed E-state index contributed by atoms with van der Waals surface area (Å²) in [6.07, 6.45) is 0.747. The van der Waals surface area contributed by atoms with Gasteiger partial charge in [-0.15, -0.1) is 11.6 Å². The number of hydrogen-bond donors (Lipinski definition) is 0. The summed E-state index contributed by atoms with van der Waals surface area (Å²) in [6, 6.07) is 3.71. The van der Waals surface area contributed by atoms with Crippen LogP contribution in [0.4, 0.5) is 0 Å². The maximum atomic E-state index is 5.70. The third kappa shape index (κ3) is 1.77. The maximum absolute atomic E-state index is 5.70. The van der Waals surface area contributed by atoms with Crippen LogP contribution in [0.2, 0.25) is 0 Å². The summed E-state index contributed by atoms with van der Waals surface area (Å²) in [5, 5.41) is 0.